The van der Waals surface area contributed by atoms with Gasteiger partial charge in [-0.25, -0.2) is 14.8 Å². The number of halogens is 2. The highest BCUT2D eigenvalue weighted by Gasteiger charge is 2.25. The van der Waals surface area contributed by atoms with Crippen molar-refractivity contribution in [1.82, 2.24) is 30.1 Å². The summed E-state index contributed by atoms with van der Waals surface area (Å²) in [6.45, 7) is 2.88. The Morgan fingerprint density at radius 1 is 1.04 bits per heavy atom. The van der Waals surface area contributed by atoms with Crippen molar-refractivity contribution in [1.29, 1.82) is 0 Å². The molecule has 3 N–H and O–H groups in total. The van der Waals surface area contributed by atoms with Gasteiger partial charge in [0.05, 0.1) is 39.9 Å². The van der Waals surface area contributed by atoms with E-state index < -0.39 is 0 Å². The average Bonchev–Trinajstić information content (AvgIpc) is 3.66. The van der Waals surface area contributed by atoms with E-state index in [-0.39, 0.29) is 11.9 Å². The largest absolute Gasteiger partial charge is 0.481 e. The van der Waals surface area contributed by atoms with Gasteiger partial charge in [0.2, 0.25) is 5.88 Å². The molecule has 2 aliphatic rings. The Morgan fingerprint density at radius 3 is 2.57 bits per heavy atom. The number of anilines is 1. The van der Waals surface area contributed by atoms with Crippen LogP contribution in [0.3, 0.4) is 0 Å². The summed E-state index contributed by atoms with van der Waals surface area (Å²) in [7, 11) is 5.51. The fraction of sp³-hybridized carbons (Fsp3) is 0.324. The maximum Gasteiger partial charge on any atom is 0.291 e. The number of likely N-dealkylation sites (N-methyl/N-ethyl adjacent to an activating group) is 1. The molecule has 238 valence electrons. The quantitative estimate of drug-likeness (QED) is 0.209. The molecule has 2 aromatic carbocycles. The lowest BCUT2D eigenvalue weighted by Gasteiger charge is -2.21. The fourth-order valence-corrected chi connectivity index (χ4v) is 6.67. The molecular weight excluding hydrogens is 625 g/mol. The molecule has 1 fully saturated rings. The molecular formula is C34H35Cl2N7O3. The summed E-state index contributed by atoms with van der Waals surface area (Å²) in [5.41, 5.74) is 6.74. The first-order valence-electron chi connectivity index (χ1n) is 15.1. The minimum atomic E-state index is -0.327. The molecule has 46 heavy (non-hydrogen) atoms. The number of nitrogens with one attached hydrogen (secondary N) is 3. The van der Waals surface area contributed by atoms with Gasteiger partial charge in [0.15, 0.2) is 5.82 Å². The maximum absolute atomic E-state index is 13.4. The van der Waals surface area contributed by atoms with Crippen LogP contribution in [0.5, 0.6) is 5.88 Å². The number of carbonyl (C=O) groups is 1. The Balaban J connectivity index is 1.21. The van der Waals surface area contributed by atoms with Crippen LogP contribution in [0.1, 0.15) is 40.4 Å². The van der Waals surface area contributed by atoms with E-state index in [0.717, 1.165) is 48.3 Å². The summed E-state index contributed by atoms with van der Waals surface area (Å²) < 4.78 is 7.50. The molecule has 4 heterocycles. The van der Waals surface area contributed by atoms with Crippen LogP contribution in [0, 0.1) is 0 Å². The minimum absolute atomic E-state index is 0.192. The van der Waals surface area contributed by atoms with Crippen LogP contribution in [0.25, 0.3) is 22.4 Å². The fourth-order valence-electron chi connectivity index (χ4n) is 6.07. The maximum atomic E-state index is 13.4. The van der Waals surface area contributed by atoms with Crippen LogP contribution in [-0.2, 0) is 31.4 Å². The smallest absolute Gasteiger partial charge is 0.291 e. The molecule has 2 aliphatic heterocycles. The lowest BCUT2D eigenvalue weighted by molar-refractivity contribution is 0.101. The molecule has 6 rings (SSSR count). The van der Waals surface area contributed by atoms with Crippen molar-refractivity contribution in [2.75, 3.05) is 32.6 Å². The molecule has 4 aromatic rings. The molecule has 0 bridgehead atoms. The number of benzene rings is 2. The number of aromatic nitrogens is 3. The van der Waals surface area contributed by atoms with E-state index in [0.29, 0.717) is 69.6 Å². The number of ether oxygens (including phenoxy) is 1. The number of pyridine rings is 1. The van der Waals surface area contributed by atoms with Crippen LogP contribution >= 0.6 is 23.2 Å². The monoisotopic (exact) mass is 659 g/mol. The SMILES string of the molecule is COc1nc(-c2cccc(-c3cccc(NC(=O)c4nc5c(n4C)CCN(C)C5)c3Cl)c2Cl)ccc1CNC[C@@H]1CCC(=C=O)N1. The highest BCUT2D eigenvalue weighted by atomic mass is 35.5. The molecule has 1 amide bonds. The van der Waals surface area contributed by atoms with E-state index in [1.165, 1.54) is 0 Å². The first-order chi connectivity index (χ1) is 22.3. The Labute approximate surface area is 277 Å². The number of hydrogen-bond acceptors (Lipinski definition) is 8. The highest BCUT2D eigenvalue weighted by Crippen LogP contribution is 2.41. The van der Waals surface area contributed by atoms with Crippen LogP contribution in [0.2, 0.25) is 10.0 Å². The lowest BCUT2D eigenvalue weighted by Crippen LogP contribution is -2.33. The van der Waals surface area contributed by atoms with Crippen molar-refractivity contribution in [3.8, 4) is 28.3 Å². The van der Waals surface area contributed by atoms with Gasteiger partial charge < -0.3 is 30.2 Å². The van der Waals surface area contributed by atoms with Crippen LogP contribution in [0.4, 0.5) is 5.69 Å². The van der Waals surface area contributed by atoms with E-state index >= 15 is 0 Å². The summed E-state index contributed by atoms with van der Waals surface area (Å²) in [5, 5.41) is 10.4. The van der Waals surface area contributed by atoms with Crippen molar-refractivity contribution in [2.24, 2.45) is 7.05 Å². The molecule has 0 saturated carbocycles. The van der Waals surface area contributed by atoms with E-state index in [9.17, 15) is 9.59 Å². The van der Waals surface area contributed by atoms with E-state index in [1.54, 1.807) is 13.2 Å². The zero-order valence-electron chi connectivity index (χ0n) is 25.9. The third-order valence-corrected chi connectivity index (χ3v) is 9.36. The molecule has 0 spiro atoms. The summed E-state index contributed by atoms with van der Waals surface area (Å²) in [6.07, 6.45) is 2.46. The number of carbonyl (C=O) groups excluding carboxylic acids is 2. The van der Waals surface area contributed by atoms with Gasteiger partial charge in [-0.3, -0.25) is 4.79 Å². The second-order valence-corrected chi connectivity index (χ2v) is 12.4. The van der Waals surface area contributed by atoms with E-state index in [4.69, 9.17) is 32.9 Å². The van der Waals surface area contributed by atoms with Crippen molar-refractivity contribution in [3.63, 3.8) is 0 Å². The Morgan fingerprint density at radius 2 is 1.80 bits per heavy atom. The number of rotatable bonds is 9. The first-order valence-corrected chi connectivity index (χ1v) is 15.9. The van der Waals surface area contributed by atoms with Crippen molar-refractivity contribution < 1.29 is 14.3 Å². The topological polar surface area (TPSA) is 113 Å². The number of methoxy groups -OCH3 is 1. The second kappa shape index (κ2) is 13.7. The zero-order chi connectivity index (χ0) is 32.4. The Bertz CT molecular complexity index is 1850. The van der Waals surface area contributed by atoms with Crippen LogP contribution in [-0.4, -0.2) is 64.6 Å². The predicted octanol–water partition coefficient (Wildman–Crippen LogP) is 5.26. The molecule has 1 atom stereocenters. The predicted molar refractivity (Wildman–Crippen MR) is 180 cm³/mol. The lowest BCUT2D eigenvalue weighted by atomic mass is 10.00. The summed E-state index contributed by atoms with van der Waals surface area (Å²) in [5.74, 6) is 2.46. The molecule has 2 aromatic heterocycles. The van der Waals surface area contributed by atoms with Gasteiger partial charge in [-0.05, 0) is 25.6 Å². The molecule has 10 nitrogen and oxygen atoms in total. The van der Waals surface area contributed by atoms with Gasteiger partial charge in [0.25, 0.3) is 5.91 Å². The normalized spacial score (nSPS) is 16.1. The van der Waals surface area contributed by atoms with Crippen LogP contribution < -0.4 is 20.7 Å². The standard InChI is InChI=1S/C34H35Cl2N7O3/c1-42-15-14-29-28(18-42)39-32(43(29)2)33(45)40-27-9-5-7-24(31(27)36)23-6-4-8-25(30(23)35)26-13-10-20(34(41-26)46-3)16-37-17-21-11-12-22(19-44)38-21/h4-10,13,21,37-38H,11-12,14-18H2,1-3H3,(H,40,45)/t21-/m0/s1. The Hall–Kier alpha value is -4.18. The third kappa shape index (κ3) is 6.40. The molecule has 12 heteroatoms. The van der Waals surface area contributed by atoms with Crippen molar-refractivity contribution in [3.05, 3.63) is 87.0 Å². The van der Waals surface area contributed by atoms with Gasteiger partial charge in [-0.15, -0.1) is 0 Å². The van der Waals surface area contributed by atoms with Crippen molar-refractivity contribution >= 4 is 40.7 Å². The number of fused-ring (bicyclic) bond motifs is 1. The molecule has 1 saturated heterocycles. The number of hydrogen-bond donors (Lipinski definition) is 3. The number of amides is 1. The zero-order valence-corrected chi connectivity index (χ0v) is 27.4. The summed E-state index contributed by atoms with van der Waals surface area (Å²) in [6, 6.07) is 15.2. The van der Waals surface area contributed by atoms with Gasteiger partial charge in [0.1, 0.15) is 5.94 Å². The highest BCUT2D eigenvalue weighted by molar-refractivity contribution is 6.39. The van der Waals surface area contributed by atoms with Crippen LogP contribution in [0.15, 0.2) is 54.2 Å². The summed E-state index contributed by atoms with van der Waals surface area (Å²) >= 11 is 13.9. The summed E-state index contributed by atoms with van der Waals surface area (Å²) in [4.78, 5) is 35.8. The first kappa shape index (κ1) is 31.8. The number of nitrogens with zero attached hydrogens (tertiary/aromatic N) is 4. The average molecular weight is 661 g/mol. The Kier molecular flexibility index (Phi) is 9.44. The van der Waals surface area contributed by atoms with Gasteiger partial charge in [-0.1, -0.05) is 59.6 Å². The minimum Gasteiger partial charge on any atom is -0.481 e. The number of imidazole rings is 1. The number of allylic oxidation sites excluding steroid dienone is 1. The molecule has 0 unspecified atom stereocenters. The molecule has 0 radical (unpaired) electrons. The second-order valence-electron chi connectivity index (χ2n) is 11.6. The molecule has 0 aliphatic carbocycles. The van der Waals surface area contributed by atoms with Gasteiger partial charge in [-0.2, -0.15) is 0 Å². The van der Waals surface area contributed by atoms with Gasteiger partial charge >= 0.3 is 0 Å². The van der Waals surface area contributed by atoms with Crippen molar-refractivity contribution in [2.45, 2.75) is 38.4 Å². The van der Waals surface area contributed by atoms with Gasteiger partial charge in [0, 0.05) is 80.1 Å². The van der Waals surface area contributed by atoms with E-state index in [1.807, 2.05) is 67.1 Å². The third-order valence-electron chi connectivity index (χ3n) is 8.54. The van der Waals surface area contributed by atoms with E-state index in [2.05, 4.69) is 25.8 Å².